The van der Waals surface area contributed by atoms with Crippen molar-refractivity contribution in [1.82, 2.24) is 4.90 Å². The van der Waals surface area contributed by atoms with Gasteiger partial charge in [-0.2, -0.15) is 5.26 Å². The number of hydrogen-bond acceptors (Lipinski definition) is 2. The van der Waals surface area contributed by atoms with E-state index in [1.165, 1.54) is 19.4 Å². The van der Waals surface area contributed by atoms with Gasteiger partial charge < -0.3 is 4.90 Å². The third kappa shape index (κ3) is 3.31. The molecule has 0 spiro atoms. The summed E-state index contributed by atoms with van der Waals surface area (Å²) >= 11 is 0. The SMILES string of the molecule is CCC(CC)CN1CCC(C#N)CC1. The molecular formula is C12H22N2. The molecule has 0 aliphatic carbocycles. The standard InChI is InChI=1S/C12H22N2/c1-3-11(4-2)10-14-7-5-12(9-13)6-8-14/h11-12H,3-8,10H2,1-2H3. The van der Waals surface area contributed by atoms with Crippen molar-refractivity contribution in [2.45, 2.75) is 39.5 Å². The summed E-state index contributed by atoms with van der Waals surface area (Å²) in [4.78, 5) is 2.53. The van der Waals surface area contributed by atoms with Gasteiger partial charge in [0.25, 0.3) is 0 Å². The molecule has 0 bridgehead atoms. The molecule has 14 heavy (non-hydrogen) atoms. The van der Waals surface area contributed by atoms with E-state index in [1.54, 1.807) is 0 Å². The highest BCUT2D eigenvalue weighted by Gasteiger charge is 2.19. The van der Waals surface area contributed by atoms with Crippen LogP contribution in [0.3, 0.4) is 0 Å². The van der Waals surface area contributed by atoms with Gasteiger partial charge in [-0.15, -0.1) is 0 Å². The number of likely N-dealkylation sites (tertiary alicyclic amines) is 1. The zero-order chi connectivity index (χ0) is 10.4. The number of nitriles is 1. The first-order chi connectivity index (χ1) is 6.80. The summed E-state index contributed by atoms with van der Waals surface area (Å²) in [5.74, 6) is 1.18. The summed E-state index contributed by atoms with van der Waals surface area (Å²) in [5, 5.41) is 8.78. The van der Waals surface area contributed by atoms with E-state index in [0.29, 0.717) is 5.92 Å². The minimum absolute atomic E-state index is 0.327. The molecule has 0 atom stereocenters. The Morgan fingerprint density at radius 2 is 1.86 bits per heavy atom. The first kappa shape index (κ1) is 11.5. The van der Waals surface area contributed by atoms with Crippen LogP contribution in [0.25, 0.3) is 0 Å². The smallest absolute Gasteiger partial charge is 0.0656 e. The summed E-state index contributed by atoms with van der Waals surface area (Å²) in [6.45, 7) is 8.06. The molecule has 0 aromatic rings. The van der Waals surface area contributed by atoms with Gasteiger partial charge in [0.05, 0.1) is 6.07 Å². The number of piperidine rings is 1. The Morgan fingerprint density at radius 1 is 1.29 bits per heavy atom. The summed E-state index contributed by atoms with van der Waals surface area (Å²) in [7, 11) is 0. The Hall–Kier alpha value is -0.550. The number of hydrogen-bond donors (Lipinski definition) is 0. The molecule has 0 amide bonds. The van der Waals surface area contributed by atoms with Crippen molar-refractivity contribution in [3.05, 3.63) is 0 Å². The van der Waals surface area contributed by atoms with Gasteiger partial charge in [0, 0.05) is 12.5 Å². The maximum atomic E-state index is 8.78. The first-order valence-electron chi connectivity index (χ1n) is 5.92. The fraction of sp³-hybridized carbons (Fsp3) is 0.917. The van der Waals surface area contributed by atoms with Gasteiger partial charge >= 0.3 is 0 Å². The minimum atomic E-state index is 0.327. The maximum Gasteiger partial charge on any atom is 0.0656 e. The topological polar surface area (TPSA) is 27.0 Å². The zero-order valence-electron chi connectivity index (χ0n) is 9.50. The lowest BCUT2D eigenvalue weighted by Crippen LogP contribution is -2.36. The van der Waals surface area contributed by atoms with E-state index in [1.807, 2.05) is 0 Å². The first-order valence-corrected chi connectivity index (χ1v) is 5.92. The van der Waals surface area contributed by atoms with E-state index in [2.05, 4.69) is 24.8 Å². The maximum absolute atomic E-state index is 8.78. The number of rotatable bonds is 4. The monoisotopic (exact) mass is 194 g/mol. The Bertz CT molecular complexity index is 183. The second-order valence-corrected chi connectivity index (χ2v) is 4.39. The van der Waals surface area contributed by atoms with Crippen LogP contribution >= 0.6 is 0 Å². The Morgan fingerprint density at radius 3 is 2.29 bits per heavy atom. The van der Waals surface area contributed by atoms with Crippen LogP contribution in [0.4, 0.5) is 0 Å². The van der Waals surface area contributed by atoms with Gasteiger partial charge in [0.15, 0.2) is 0 Å². The van der Waals surface area contributed by atoms with E-state index in [-0.39, 0.29) is 0 Å². The molecule has 0 saturated carbocycles. The third-order valence-corrected chi connectivity index (χ3v) is 3.44. The predicted octanol–water partition coefficient (Wildman–Crippen LogP) is 2.66. The molecule has 0 aromatic heterocycles. The van der Waals surface area contributed by atoms with Crippen molar-refractivity contribution in [2.75, 3.05) is 19.6 Å². The Kier molecular flexibility index (Phi) is 4.97. The molecule has 1 fully saturated rings. The van der Waals surface area contributed by atoms with E-state index in [4.69, 9.17) is 5.26 Å². The lowest BCUT2D eigenvalue weighted by atomic mass is 9.96. The summed E-state index contributed by atoms with van der Waals surface area (Å²) < 4.78 is 0. The lowest BCUT2D eigenvalue weighted by molar-refractivity contribution is 0.173. The molecule has 80 valence electrons. The molecule has 1 saturated heterocycles. The molecule has 1 heterocycles. The van der Waals surface area contributed by atoms with Crippen LogP contribution < -0.4 is 0 Å². The van der Waals surface area contributed by atoms with Crippen LogP contribution in [0.5, 0.6) is 0 Å². The second-order valence-electron chi connectivity index (χ2n) is 4.39. The largest absolute Gasteiger partial charge is 0.303 e. The highest BCUT2D eigenvalue weighted by Crippen LogP contribution is 2.18. The van der Waals surface area contributed by atoms with Gasteiger partial charge in [0.1, 0.15) is 0 Å². The molecule has 2 nitrogen and oxygen atoms in total. The molecular weight excluding hydrogens is 172 g/mol. The molecule has 1 rings (SSSR count). The van der Waals surface area contributed by atoms with Crippen LogP contribution in [0.15, 0.2) is 0 Å². The molecule has 0 unspecified atom stereocenters. The van der Waals surface area contributed by atoms with Crippen LogP contribution in [-0.4, -0.2) is 24.5 Å². The van der Waals surface area contributed by atoms with Gasteiger partial charge in [0.2, 0.25) is 0 Å². The molecule has 0 N–H and O–H groups in total. The molecule has 1 aliphatic rings. The van der Waals surface area contributed by atoms with Crippen LogP contribution in [0, 0.1) is 23.2 Å². The van der Waals surface area contributed by atoms with Crippen molar-refractivity contribution in [2.24, 2.45) is 11.8 Å². The molecule has 1 aliphatic heterocycles. The Balaban J connectivity index is 2.25. The van der Waals surface area contributed by atoms with Crippen LogP contribution in [-0.2, 0) is 0 Å². The number of nitrogens with zero attached hydrogens (tertiary/aromatic N) is 2. The minimum Gasteiger partial charge on any atom is -0.303 e. The highest BCUT2D eigenvalue weighted by atomic mass is 15.1. The molecule has 0 radical (unpaired) electrons. The van der Waals surface area contributed by atoms with Crippen molar-refractivity contribution in [3.63, 3.8) is 0 Å². The van der Waals surface area contributed by atoms with Gasteiger partial charge in [-0.1, -0.05) is 26.7 Å². The normalized spacial score (nSPS) is 19.9. The fourth-order valence-electron chi connectivity index (χ4n) is 2.16. The van der Waals surface area contributed by atoms with E-state index < -0.39 is 0 Å². The van der Waals surface area contributed by atoms with Gasteiger partial charge in [-0.25, -0.2) is 0 Å². The van der Waals surface area contributed by atoms with Crippen LogP contribution in [0.2, 0.25) is 0 Å². The summed E-state index contributed by atoms with van der Waals surface area (Å²) in [5.41, 5.74) is 0. The van der Waals surface area contributed by atoms with E-state index in [9.17, 15) is 0 Å². The average Bonchev–Trinajstić information content (AvgIpc) is 2.26. The predicted molar refractivity (Wildman–Crippen MR) is 58.8 cm³/mol. The van der Waals surface area contributed by atoms with E-state index >= 15 is 0 Å². The van der Waals surface area contributed by atoms with Crippen molar-refractivity contribution >= 4 is 0 Å². The zero-order valence-corrected chi connectivity index (χ0v) is 9.50. The summed E-state index contributed by atoms with van der Waals surface area (Å²) in [6, 6.07) is 2.38. The highest BCUT2D eigenvalue weighted by molar-refractivity contribution is 4.87. The van der Waals surface area contributed by atoms with Crippen LogP contribution in [0.1, 0.15) is 39.5 Å². The lowest BCUT2D eigenvalue weighted by Gasteiger charge is -2.31. The van der Waals surface area contributed by atoms with Gasteiger partial charge in [-0.05, 0) is 31.8 Å². The quantitative estimate of drug-likeness (QED) is 0.688. The van der Waals surface area contributed by atoms with E-state index in [0.717, 1.165) is 31.8 Å². The Labute approximate surface area is 87.9 Å². The second kappa shape index (κ2) is 6.03. The molecule has 2 heteroatoms. The van der Waals surface area contributed by atoms with Crippen molar-refractivity contribution in [3.8, 4) is 6.07 Å². The molecule has 0 aromatic carbocycles. The average molecular weight is 194 g/mol. The third-order valence-electron chi connectivity index (χ3n) is 3.44. The summed E-state index contributed by atoms with van der Waals surface area (Å²) in [6.07, 6.45) is 4.73. The van der Waals surface area contributed by atoms with Crippen molar-refractivity contribution in [1.29, 1.82) is 5.26 Å². The van der Waals surface area contributed by atoms with Gasteiger partial charge in [-0.3, -0.25) is 0 Å². The fourth-order valence-corrected chi connectivity index (χ4v) is 2.16. The van der Waals surface area contributed by atoms with Crippen molar-refractivity contribution < 1.29 is 0 Å².